The summed E-state index contributed by atoms with van der Waals surface area (Å²) in [6.07, 6.45) is -0.751. The first-order valence-corrected chi connectivity index (χ1v) is 8.21. The maximum absolute atomic E-state index is 12.7. The normalized spacial score (nSPS) is 19.0. The van der Waals surface area contributed by atoms with Crippen molar-refractivity contribution in [1.29, 1.82) is 0 Å². The van der Waals surface area contributed by atoms with Crippen LogP contribution >= 0.6 is 0 Å². The van der Waals surface area contributed by atoms with Gasteiger partial charge in [0.15, 0.2) is 5.65 Å². The van der Waals surface area contributed by atoms with Gasteiger partial charge in [0.05, 0.1) is 25.4 Å². The van der Waals surface area contributed by atoms with E-state index in [-0.39, 0.29) is 18.4 Å². The van der Waals surface area contributed by atoms with E-state index in [1.807, 2.05) is 18.2 Å². The Morgan fingerprint density at radius 3 is 2.92 bits per heavy atom. The predicted octanol–water partition coefficient (Wildman–Crippen LogP) is 1.76. The van der Waals surface area contributed by atoms with Gasteiger partial charge in [0, 0.05) is 18.7 Å². The Morgan fingerprint density at radius 1 is 1.40 bits per heavy atom. The molecule has 0 aliphatic carbocycles. The van der Waals surface area contributed by atoms with Gasteiger partial charge in [-0.2, -0.15) is 0 Å². The van der Waals surface area contributed by atoms with Gasteiger partial charge in [0.2, 0.25) is 5.91 Å². The summed E-state index contributed by atoms with van der Waals surface area (Å²) in [7, 11) is 0. The lowest BCUT2D eigenvalue weighted by Gasteiger charge is -2.34. The third-order valence-electron chi connectivity index (χ3n) is 4.13. The number of anilines is 1. The number of carbonyl (C=O) groups is 1. The average molecular weight is 353 g/mol. The lowest BCUT2D eigenvalue weighted by Crippen LogP contribution is -2.53. The minimum atomic E-state index is -2.49. The summed E-state index contributed by atoms with van der Waals surface area (Å²) in [6, 6.07) is 2.74. The van der Waals surface area contributed by atoms with Gasteiger partial charge in [0.1, 0.15) is 11.9 Å². The summed E-state index contributed by atoms with van der Waals surface area (Å²) < 4.78 is 32.5. The fourth-order valence-electron chi connectivity index (χ4n) is 2.88. The number of fused-ring (bicyclic) bond motifs is 1. The number of halogens is 2. The van der Waals surface area contributed by atoms with Crippen molar-refractivity contribution in [3.05, 3.63) is 24.2 Å². The van der Waals surface area contributed by atoms with Crippen LogP contribution in [-0.2, 0) is 9.53 Å². The van der Waals surface area contributed by atoms with E-state index in [2.05, 4.69) is 15.5 Å². The molecule has 3 heterocycles. The van der Waals surface area contributed by atoms with Gasteiger partial charge in [0.25, 0.3) is 6.43 Å². The van der Waals surface area contributed by atoms with Crippen molar-refractivity contribution in [2.75, 3.05) is 31.6 Å². The molecule has 1 amide bonds. The van der Waals surface area contributed by atoms with E-state index >= 15 is 0 Å². The third-order valence-corrected chi connectivity index (χ3v) is 4.13. The standard InChI is InChI=1S/C16H21F2N5O2/c1-10(2)15-21-20-14-4-3-11(7-23(14)15)19-16(24)12-9-25-6-5-22(12)8-13(17)18/h3-4,7,10,12-13H,5-6,8-9H2,1-2H3,(H,19,24)/t12-/m0/s1. The molecule has 0 aromatic carbocycles. The van der Waals surface area contributed by atoms with Gasteiger partial charge in [-0.05, 0) is 12.1 Å². The molecule has 1 fully saturated rings. The van der Waals surface area contributed by atoms with Crippen LogP contribution in [0.3, 0.4) is 0 Å². The second kappa shape index (κ2) is 7.40. The monoisotopic (exact) mass is 353 g/mol. The number of amides is 1. The molecule has 0 bridgehead atoms. The second-order valence-corrected chi connectivity index (χ2v) is 6.32. The van der Waals surface area contributed by atoms with Crippen LogP contribution in [0.2, 0.25) is 0 Å². The molecule has 0 saturated carbocycles. The highest BCUT2D eigenvalue weighted by Gasteiger charge is 2.31. The number of pyridine rings is 1. The zero-order valence-electron chi connectivity index (χ0n) is 14.2. The molecule has 136 valence electrons. The Kier molecular flexibility index (Phi) is 5.24. The first-order valence-electron chi connectivity index (χ1n) is 8.21. The second-order valence-electron chi connectivity index (χ2n) is 6.32. The minimum Gasteiger partial charge on any atom is -0.378 e. The molecule has 0 spiro atoms. The zero-order valence-corrected chi connectivity index (χ0v) is 14.2. The Balaban J connectivity index is 1.77. The maximum atomic E-state index is 12.7. The fraction of sp³-hybridized carbons (Fsp3) is 0.562. The van der Waals surface area contributed by atoms with Crippen LogP contribution in [0.15, 0.2) is 18.3 Å². The van der Waals surface area contributed by atoms with E-state index in [0.717, 1.165) is 5.82 Å². The molecule has 2 aromatic heterocycles. The van der Waals surface area contributed by atoms with Gasteiger partial charge in [-0.3, -0.25) is 14.1 Å². The van der Waals surface area contributed by atoms with Gasteiger partial charge in [-0.1, -0.05) is 13.8 Å². The summed E-state index contributed by atoms with van der Waals surface area (Å²) >= 11 is 0. The molecule has 2 aromatic rings. The highest BCUT2D eigenvalue weighted by Crippen LogP contribution is 2.18. The van der Waals surface area contributed by atoms with Crippen molar-refractivity contribution >= 4 is 17.2 Å². The first kappa shape index (κ1) is 17.7. The Hall–Kier alpha value is -2.13. The molecule has 3 rings (SSSR count). The van der Waals surface area contributed by atoms with Crippen LogP contribution in [0, 0.1) is 0 Å². The van der Waals surface area contributed by atoms with E-state index in [1.54, 1.807) is 18.3 Å². The van der Waals surface area contributed by atoms with Crippen LogP contribution in [0.5, 0.6) is 0 Å². The quantitative estimate of drug-likeness (QED) is 0.887. The van der Waals surface area contributed by atoms with Gasteiger partial charge in [-0.25, -0.2) is 8.78 Å². The van der Waals surface area contributed by atoms with Crippen LogP contribution in [-0.4, -0.2) is 64.2 Å². The number of nitrogens with one attached hydrogen (secondary N) is 1. The number of carbonyl (C=O) groups excluding carboxylic acids is 1. The fourth-order valence-corrected chi connectivity index (χ4v) is 2.88. The number of alkyl halides is 2. The van der Waals surface area contributed by atoms with Crippen molar-refractivity contribution in [1.82, 2.24) is 19.5 Å². The Labute approximate surface area is 144 Å². The zero-order chi connectivity index (χ0) is 18.0. The predicted molar refractivity (Wildman–Crippen MR) is 87.9 cm³/mol. The summed E-state index contributed by atoms with van der Waals surface area (Å²) in [5.74, 6) is 0.597. The van der Waals surface area contributed by atoms with Crippen molar-refractivity contribution in [2.24, 2.45) is 0 Å². The van der Waals surface area contributed by atoms with Crippen LogP contribution in [0.4, 0.5) is 14.5 Å². The number of nitrogens with zero attached hydrogens (tertiary/aromatic N) is 4. The summed E-state index contributed by atoms with van der Waals surface area (Å²) in [5, 5.41) is 11.0. The number of rotatable bonds is 5. The molecule has 0 radical (unpaired) electrons. The minimum absolute atomic E-state index is 0.102. The number of aromatic nitrogens is 3. The van der Waals surface area contributed by atoms with Gasteiger partial charge in [-0.15, -0.1) is 10.2 Å². The summed E-state index contributed by atoms with van der Waals surface area (Å²) in [5.41, 5.74) is 1.24. The lowest BCUT2D eigenvalue weighted by molar-refractivity contribution is -0.128. The number of hydrogen-bond acceptors (Lipinski definition) is 5. The summed E-state index contributed by atoms with van der Waals surface area (Å²) in [6.45, 7) is 4.33. The van der Waals surface area contributed by atoms with Crippen LogP contribution < -0.4 is 5.32 Å². The van der Waals surface area contributed by atoms with Gasteiger partial charge < -0.3 is 10.1 Å². The molecule has 0 unspecified atom stereocenters. The van der Waals surface area contributed by atoms with E-state index in [1.165, 1.54) is 4.90 Å². The van der Waals surface area contributed by atoms with Crippen LogP contribution in [0.25, 0.3) is 5.65 Å². The smallest absolute Gasteiger partial charge is 0.251 e. The van der Waals surface area contributed by atoms with E-state index < -0.39 is 19.0 Å². The van der Waals surface area contributed by atoms with Crippen molar-refractivity contribution in [3.8, 4) is 0 Å². The Morgan fingerprint density at radius 2 is 2.20 bits per heavy atom. The molecule has 1 atom stereocenters. The molecule has 1 aliphatic heterocycles. The number of ether oxygens (including phenoxy) is 1. The first-order chi connectivity index (χ1) is 12.0. The number of hydrogen-bond donors (Lipinski definition) is 1. The molecule has 9 heteroatoms. The summed E-state index contributed by atoms with van der Waals surface area (Å²) in [4.78, 5) is 14.0. The largest absolute Gasteiger partial charge is 0.378 e. The molecule has 25 heavy (non-hydrogen) atoms. The van der Waals surface area contributed by atoms with E-state index in [9.17, 15) is 13.6 Å². The average Bonchev–Trinajstić information content (AvgIpc) is 2.98. The molecule has 1 saturated heterocycles. The van der Waals surface area contributed by atoms with Crippen molar-refractivity contribution in [3.63, 3.8) is 0 Å². The highest BCUT2D eigenvalue weighted by atomic mass is 19.3. The maximum Gasteiger partial charge on any atom is 0.251 e. The lowest BCUT2D eigenvalue weighted by atomic mass is 10.2. The molecular formula is C16H21F2N5O2. The molecule has 7 nitrogen and oxygen atoms in total. The molecule has 1 aliphatic rings. The highest BCUT2D eigenvalue weighted by molar-refractivity contribution is 5.95. The van der Waals surface area contributed by atoms with Crippen molar-refractivity contribution in [2.45, 2.75) is 32.2 Å². The third kappa shape index (κ3) is 3.93. The van der Waals surface area contributed by atoms with E-state index in [4.69, 9.17) is 4.74 Å². The van der Waals surface area contributed by atoms with Gasteiger partial charge >= 0.3 is 0 Å². The van der Waals surface area contributed by atoms with Crippen LogP contribution in [0.1, 0.15) is 25.6 Å². The number of morpholine rings is 1. The molecule has 1 N–H and O–H groups in total. The van der Waals surface area contributed by atoms with E-state index in [0.29, 0.717) is 24.5 Å². The Bertz CT molecular complexity index is 749. The topological polar surface area (TPSA) is 71.8 Å². The molecular weight excluding hydrogens is 332 g/mol. The van der Waals surface area contributed by atoms with Crippen molar-refractivity contribution < 1.29 is 18.3 Å². The SMILES string of the molecule is CC(C)c1nnc2ccc(NC(=O)[C@@H]3COCCN3CC(F)F)cn12.